The fourth-order valence-corrected chi connectivity index (χ4v) is 2.69. The number of nitrogens with one attached hydrogen (secondary N) is 1. The van der Waals surface area contributed by atoms with E-state index in [1.807, 2.05) is 0 Å². The van der Waals surface area contributed by atoms with Crippen molar-refractivity contribution in [2.45, 2.75) is 25.2 Å². The third-order valence-electron chi connectivity index (χ3n) is 2.39. The van der Waals surface area contributed by atoms with Crippen molar-refractivity contribution in [1.29, 1.82) is 0 Å². The molecule has 2 aliphatic heterocycles. The minimum atomic E-state index is -0.965. The van der Waals surface area contributed by atoms with E-state index in [0.717, 1.165) is 31.7 Å². The van der Waals surface area contributed by atoms with Gasteiger partial charge in [-0.3, -0.25) is 4.99 Å². The molecule has 0 spiro atoms. The van der Waals surface area contributed by atoms with Crippen LogP contribution in [-0.4, -0.2) is 46.4 Å². The van der Waals surface area contributed by atoms with E-state index in [9.17, 15) is 5.11 Å². The second kappa shape index (κ2) is 5.25. The van der Waals surface area contributed by atoms with Gasteiger partial charge in [-0.05, 0) is 31.6 Å². The lowest BCUT2D eigenvalue weighted by molar-refractivity contribution is 0.0333. The van der Waals surface area contributed by atoms with Crippen molar-refractivity contribution < 1.29 is 9.84 Å². The van der Waals surface area contributed by atoms with Crippen LogP contribution in [0.25, 0.3) is 0 Å². The first-order chi connectivity index (χ1) is 7.27. The van der Waals surface area contributed by atoms with Crippen LogP contribution in [0, 0.1) is 0 Å². The number of ether oxygens (including phenoxy) is 1. The smallest absolute Gasteiger partial charge is 0.247 e. The van der Waals surface area contributed by atoms with E-state index >= 15 is 0 Å². The number of hydrogen-bond acceptors (Lipinski definition) is 6. The fourth-order valence-electron chi connectivity index (χ4n) is 1.63. The maximum absolute atomic E-state index is 9.69. The summed E-state index contributed by atoms with van der Waals surface area (Å²) in [4.78, 5) is 4.14. The summed E-state index contributed by atoms with van der Waals surface area (Å²) in [5.74, 6) is 0.921. The Morgan fingerprint density at radius 2 is 2.60 bits per heavy atom. The molecule has 2 N–H and O–H groups in total. The van der Waals surface area contributed by atoms with E-state index in [4.69, 9.17) is 17.0 Å². The first-order valence-corrected chi connectivity index (χ1v) is 6.46. The Bertz CT molecular complexity index is 277. The van der Waals surface area contributed by atoms with Gasteiger partial charge in [-0.25, -0.2) is 0 Å². The average Bonchev–Trinajstić information content (AvgIpc) is 2.91. The minimum absolute atomic E-state index is 0.113. The van der Waals surface area contributed by atoms with Crippen LogP contribution in [0.2, 0.25) is 0 Å². The molecule has 0 amide bonds. The Hall–Kier alpha value is -0.170. The number of rotatable bonds is 3. The number of thiocarbonyl (C=S) groups is 1. The molecule has 0 aromatic heterocycles. The average molecular weight is 246 g/mol. The van der Waals surface area contributed by atoms with E-state index in [2.05, 4.69) is 10.3 Å². The molecule has 2 rings (SSSR count). The molecular weight excluding hydrogens is 232 g/mol. The Labute approximate surface area is 98.5 Å². The first-order valence-electron chi connectivity index (χ1n) is 5.06. The van der Waals surface area contributed by atoms with Crippen molar-refractivity contribution in [3.8, 4) is 0 Å². The number of aliphatic hydroxyl groups is 1. The van der Waals surface area contributed by atoms with Crippen molar-refractivity contribution in [3.05, 3.63) is 0 Å². The van der Waals surface area contributed by atoms with Crippen LogP contribution < -0.4 is 5.32 Å². The predicted molar refractivity (Wildman–Crippen MR) is 65.5 cm³/mol. The van der Waals surface area contributed by atoms with E-state index in [1.54, 1.807) is 0 Å². The van der Waals surface area contributed by atoms with Gasteiger partial charge in [-0.1, -0.05) is 0 Å². The lowest BCUT2D eigenvalue weighted by Gasteiger charge is -2.17. The third-order valence-corrected chi connectivity index (χ3v) is 3.79. The number of aliphatic imine (C=N–C) groups is 1. The van der Waals surface area contributed by atoms with Gasteiger partial charge in [0.2, 0.25) is 6.29 Å². The summed E-state index contributed by atoms with van der Waals surface area (Å²) in [5.41, 5.74) is 0. The Balaban J connectivity index is 1.82. The van der Waals surface area contributed by atoms with E-state index in [0.29, 0.717) is 10.1 Å². The summed E-state index contributed by atoms with van der Waals surface area (Å²) in [6, 6.07) is 0.113. The van der Waals surface area contributed by atoms with Crippen molar-refractivity contribution in [2.24, 2.45) is 4.99 Å². The Morgan fingerprint density at radius 3 is 3.20 bits per heavy atom. The standard InChI is InChI=1S/C9H14N2O2S2/c12-8(7-11-4-5-15-7)13-9(14)6-2-1-3-10-6/h6,8,10,12H,1-5H2/t6-,8?/m0/s1. The normalized spacial score (nSPS) is 27.5. The molecular formula is C9H14N2O2S2. The summed E-state index contributed by atoms with van der Waals surface area (Å²) in [6.45, 7) is 1.73. The first kappa shape index (κ1) is 11.3. The molecule has 1 saturated heterocycles. The molecule has 84 valence electrons. The molecule has 15 heavy (non-hydrogen) atoms. The highest BCUT2D eigenvalue weighted by atomic mass is 32.2. The topological polar surface area (TPSA) is 53.9 Å². The molecule has 0 aromatic rings. The molecule has 0 aromatic carbocycles. The molecule has 4 nitrogen and oxygen atoms in total. The van der Waals surface area contributed by atoms with Gasteiger partial charge in [0.05, 0.1) is 6.04 Å². The summed E-state index contributed by atoms with van der Waals surface area (Å²) < 4.78 is 5.29. The quantitative estimate of drug-likeness (QED) is 0.562. The van der Waals surface area contributed by atoms with Crippen molar-refractivity contribution in [3.63, 3.8) is 0 Å². The molecule has 2 atom stereocenters. The van der Waals surface area contributed by atoms with Gasteiger partial charge in [0, 0.05) is 12.3 Å². The lowest BCUT2D eigenvalue weighted by atomic mass is 10.2. The molecule has 6 heteroatoms. The van der Waals surface area contributed by atoms with Gasteiger partial charge in [0.25, 0.3) is 0 Å². The zero-order chi connectivity index (χ0) is 10.7. The summed E-state index contributed by atoms with van der Waals surface area (Å²) >= 11 is 6.65. The summed E-state index contributed by atoms with van der Waals surface area (Å²) in [6.07, 6.45) is 1.14. The zero-order valence-corrected chi connectivity index (χ0v) is 9.94. The lowest BCUT2D eigenvalue weighted by Crippen LogP contribution is -2.35. The van der Waals surface area contributed by atoms with Gasteiger partial charge in [-0.2, -0.15) is 0 Å². The molecule has 2 heterocycles. The van der Waals surface area contributed by atoms with Gasteiger partial charge >= 0.3 is 0 Å². The highest BCUT2D eigenvalue weighted by Gasteiger charge is 2.25. The van der Waals surface area contributed by atoms with E-state index in [-0.39, 0.29) is 6.04 Å². The van der Waals surface area contributed by atoms with Crippen molar-refractivity contribution in [1.82, 2.24) is 5.32 Å². The molecule has 1 unspecified atom stereocenters. The largest absolute Gasteiger partial charge is 0.450 e. The molecule has 0 aliphatic carbocycles. The number of thioether (sulfide) groups is 1. The van der Waals surface area contributed by atoms with Crippen LogP contribution in [0.5, 0.6) is 0 Å². The van der Waals surface area contributed by atoms with Gasteiger partial charge in [0.1, 0.15) is 5.04 Å². The van der Waals surface area contributed by atoms with Crippen LogP contribution >= 0.6 is 24.0 Å². The number of hydrogen-bond donors (Lipinski definition) is 2. The summed E-state index contributed by atoms with van der Waals surface area (Å²) in [5, 5.41) is 14.0. The Morgan fingerprint density at radius 1 is 1.73 bits per heavy atom. The Kier molecular flexibility index (Phi) is 3.96. The fraction of sp³-hybridized carbons (Fsp3) is 0.778. The van der Waals surface area contributed by atoms with E-state index in [1.165, 1.54) is 11.8 Å². The highest BCUT2D eigenvalue weighted by molar-refractivity contribution is 8.14. The molecule has 0 saturated carbocycles. The third kappa shape index (κ3) is 2.90. The molecule has 1 fully saturated rings. The van der Waals surface area contributed by atoms with Crippen LogP contribution in [0.4, 0.5) is 0 Å². The molecule has 0 bridgehead atoms. The predicted octanol–water partition coefficient (Wildman–Crippen LogP) is 0.546. The zero-order valence-electron chi connectivity index (χ0n) is 8.31. The van der Waals surface area contributed by atoms with Crippen LogP contribution in [0.15, 0.2) is 4.99 Å². The van der Waals surface area contributed by atoms with Gasteiger partial charge in [0.15, 0.2) is 5.05 Å². The second-order valence-corrected chi connectivity index (χ2v) is 5.02. The minimum Gasteiger partial charge on any atom is -0.450 e. The molecule has 2 aliphatic rings. The van der Waals surface area contributed by atoms with Crippen molar-refractivity contribution in [2.75, 3.05) is 18.8 Å². The highest BCUT2D eigenvalue weighted by Crippen LogP contribution is 2.17. The number of aliphatic hydroxyl groups excluding tert-OH is 1. The van der Waals surface area contributed by atoms with Gasteiger partial charge < -0.3 is 15.2 Å². The maximum Gasteiger partial charge on any atom is 0.247 e. The van der Waals surface area contributed by atoms with Crippen molar-refractivity contribution >= 4 is 34.1 Å². The number of nitrogens with zero attached hydrogens (tertiary/aromatic N) is 1. The van der Waals surface area contributed by atoms with Crippen LogP contribution in [0.1, 0.15) is 12.8 Å². The van der Waals surface area contributed by atoms with Crippen LogP contribution in [-0.2, 0) is 4.74 Å². The van der Waals surface area contributed by atoms with Crippen LogP contribution in [0.3, 0.4) is 0 Å². The van der Waals surface area contributed by atoms with E-state index < -0.39 is 6.29 Å². The molecule has 0 radical (unpaired) electrons. The monoisotopic (exact) mass is 246 g/mol. The second-order valence-electron chi connectivity index (χ2n) is 3.51. The maximum atomic E-state index is 9.69. The summed E-state index contributed by atoms with van der Waals surface area (Å²) in [7, 11) is 0. The SMILES string of the molecule is OC(OC(=S)[C@@H]1CCCN1)C1=NCCS1. The van der Waals surface area contributed by atoms with Gasteiger partial charge in [-0.15, -0.1) is 11.8 Å².